The van der Waals surface area contributed by atoms with Crippen molar-refractivity contribution in [2.45, 2.75) is 59.5 Å². The second-order valence-electron chi connectivity index (χ2n) is 6.35. The van der Waals surface area contributed by atoms with Gasteiger partial charge in [-0.1, -0.05) is 32.9 Å². The third kappa shape index (κ3) is 3.51. The maximum atomic E-state index is 13.0. The van der Waals surface area contributed by atoms with Crippen LogP contribution in [-0.4, -0.2) is 20.4 Å². The quantitative estimate of drug-likeness (QED) is 0.678. The lowest BCUT2D eigenvalue weighted by molar-refractivity contribution is -0.124. The molecule has 1 aromatic carbocycles. The highest BCUT2D eigenvalue weighted by Crippen LogP contribution is 2.24. The minimum absolute atomic E-state index is 0.0381. The standard InChI is InChI=1S/C20H26N4OS/c1-5-15(20(25)21-12-17-13(4)22-19(7-3)26-17)24-16-11-9-8-10-14(16)23-18(24)6-2/h8-11,15H,5-7,12H2,1-4H3,(H,21,25). The van der Waals surface area contributed by atoms with Gasteiger partial charge in [0.2, 0.25) is 5.91 Å². The highest BCUT2D eigenvalue weighted by Gasteiger charge is 2.23. The summed E-state index contributed by atoms with van der Waals surface area (Å²) in [6.07, 6.45) is 2.45. The third-order valence-corrected chi connectivity index (χ3v) is 5.95. The van der Waals surface area contributed by atoms with Gasteiger partial charge in [0.15, 0.2) is 0 Å². The van der Waals surface area contributed by atoms with Gasteiger partial charge in [-0.15, -0.1) is 11.3 Å². The Morgan fingerprint density at radius 2 is 1.96 bits per heavy atom. The van der Waals surface area contributed by atoms with Crippen molar-refractivity contribution < 1.29 is 4.79 Å². The second-order valence-corrected chi connectivity index (χ2v) is 7.52. The zero-order chi connectivity index (χ0) is 18.7. The summed E-state index contributed by atoms with van der Waals surface area (Å²) in [6, 6.07) is 7.77. The number of aromatic nitrogens is 3. The summed E-state index contributed by atoms with van der Waals surface area (Å²) >= 11 is 1.68. The number of hydrogen-bond acceptors (Lipinski definition) is 4. The van der Waals surface area contributed by atoms with E-state index in [-0.39, 0.29) is 11.9 Å². The molecule has 2 aromatic heterocycles. The molecule has 2 heterocycles. The van der Waals surface area contributed by atoms with Gasteiger partial charge in [-0.2, -0.15) is 0 Å². The number of fused-ring (bicyclic) bond motifs is 1. The van der Waals surface area contributed by atoms with E-state index in [9.17, 15) is 4.79 Å². The number of hydrogen-bond donors (Lipinski definition) is 1. The monoisotopic (exact) mass is 370 g/mol. The van der Waals surface area contributed by atoms with Crippen LogP contribution in [0.25, 0.3) is 11.0 Å². The summed E-state index contributed by atoms with van der Waals surface area (Å²) in [7, 11) is 0. The Kier molecular flexibility index (Phi) is 5.71. The van der Waals surface area contributed by atoms with Gasteiger partial charge in [0, 0.05) is 11.3 Å². The summed E-state index contributed by atoms with van der Waals surface area (Å²) in [5.41, 5.74) is 2.98. The van der Waals surface area contributed by atoms with Gasteiger partial charge in [-0.25, -0.2) is 9.97 Å². The van der Waals surface area contributed by atoms with Gasteiger partial charge in [-0.05, 0) is 31.9 Å². The number of benzene rings is 1. The normalized spacial score (nSPS) is 12.5. The lowest BCUT2D eigenvalue weighted by Crippen LogP contribution is -2.32. The molecule has 0 saturated heterocycles. The Labute approximate surface area is 158 Å². The summed E-state index contributed by atoms with van der Waals surface area (Å²) in [6.45, 7) is 8.77. The van der Waals surface area contributed by atoms with Gasteiger partial charge in [0.05, 0.1) is 28.3 Å². The number of nitrogens with zero attached hydrogens (tertiary/aromatic N) is 3. The first-order valence-electron chi connectivity index (χ1n) is 9.27. The van der Waals surface area contributed by atoms with Gasteiger partial charge >= 0.3 is 0 Å². The molecule has 0 radical (unpaired) electrons. The molecule has 1 unspecified atom stereocenters. The minimum atomic E-state index is -0.253. The Morgan fingerprint density at radius 1 is 1.19 bits per heavy atom. The summed E-state index contributed by atoms with van der Waals surface area (Å²) in [5.74, 6) is 0.992. The Balaban J connectivity index is 1.84. The first-order valence-corrected chi connectivity index (χ1v) is 10.1. The zero-order valence-electron chi connectivity index (χ0n) is 15.9. The smallest absolute Gasteiger partial charge is 0.243 e. The van der Waals surface area contributed by atoms with Crippen LogP contribution in [0, 0.1) is 6.92 Å². The molecule has 0 bridgehead atoms. The molecule has 0 aliphatic carbocycles. The van der Waals surface area contributed by atoms with E-state index < -0.39 is 0 Å². The van der Waals surface area contributed by atoms with Gasteiger partial charge in [-0.3, -0.25) is 4.79 Å². The molecule has 1 N–H and O–H groups in total. The third-order valence-electron chi connectivity index (χ3n) is 4.65. The largest absolute Gasteiger partial charge is 0.349 e. The van der Waals surface area contributed by atoms with E-state index in [4.69, 9.17) is 4.98 Å². The van der Waals surface area contributed by atoms with E-state index in [1.54, 1.807) is 11.3 Å². The molecule has 138 valence electrons. The Bertz CT molecular complexity index is 912. The van der Waals surface area contributed by atoms with Crippen molar-refractivity contribution in [3.05, 3.63) is 45.7 Å². The first-order chi connectivity index (χ1) is 12.6. The van der Waals surface area contributed by atoms with Crippen molar-refractivity contribution >= 4 is 28.3 Å². The lowest BCUT2D eigenvalue weighted by atomic mass is 10.2. The molecule has 1 atom stereocenters. The fourth-order valence-corrected chi connectivity index (χ4v) is 4.21. The predicted molar refractivity (Wildman–Crippen MR) is 107 cm³/mol. The number of rotatable bonds is 7. The van der Waals surface area contributed by atoms with Crippen molar-refractivity contribution in [2.24, 2.45) is 0 Å². The van der Waals surface area contributed by atoms with Crippen LogP contribution in [0.2, 0.25) is 0 Å². The Hall–Kier alpha value is -2.21. The average Bonchev–Trinajstić information content (AvgIpc) is 3.21. The van der Waals surface area contributed by atoms with Gasteiger partial charge < -0.3 is 9.88 Å². The topological polar surface area (TPSA) is 59.8 Å². The molecule has 6 heteroatoms. The first kappa shape index (κ1) is 18.6. The predicted octanol–water partition coefficient (Wildman–Crippen LogP) is 4.19. The maximum Gasteiger partial charge on any atom is 0.243 e. The number of carbonyl (C=O) groups is 1. The number of para-hydroxylation sites is 2. The maximum absolute atomic E-state index is 13.0. The second kappa shape index (κ2) is 7.99. The highest BCUT2D eigenvalue weighted by molar-refractivity contribution is 7.11. The van der Waals surface area contributed by atoms with Crippen LogP contribution >= 0.6 is 11.3 Å². The Morgan fingerprint density at radius 3 is 2.62 bits per heavy atom. The molecule has 3 rings (SSSR count). The number of carbonyl (C=O) groups excluding carboxylic acids is 1. The number of nitrogens with one attached hydrogen (secondary N) is 1. The van der Waals surface area contributed by atoms with Crippen LogP contribution in [0.15, 0.2) is 24.3 Å². The summed E-state index contributed by atoms with van der Waals surface area (Å²) in [5, 5.41) is 4.23. The van der Waals surface area contributed by atoms with Crippen molar-refractivity contribution in [1.82, 2.24) is 19.9 Å². The molecule has 1 amide bonds. The van der Waals surface area contributed by atoms with E-state index >= 15 is 0 Å². The van der Waals surface area contributed by atoms with E-state index in [1.165, 1.54) is 0 Å². The molecule has 5 nitrogen and oxygen atoms in total. The number of imidazole rings is 1. The molecule has 0 aliphatic heterocycles. The van der Waals surface area contributed by atoms with Crippen LogP contribution in [0.5, 0.6) is 0 Å². The molecule has 0 saturated carbocycles. The minimum Gasteiger partial charge on any atom is -0.349 e. The van der Waals surface area contributed by atoms with E-state index in [0.717, 1.165) is 51.7 Å². The van der Waals surface area contributed by atoms with Crippen molar-refractivity contribution in [3.63, 3.8) is 0 Å². The number of thiazole rings is 1. The van der Waals surface area contributed by atoms with Crippen LogP contribution in [0.4, 0.5) is 0 Å². The summed E-state index contributed by atoms with van der Waals surface area (Å²) in [4.78, 5) is 23.4. The van der Waals surface area contributed by atoms with Crippen LogP contribution < -0.4 is 5.32 Å². The molecular weight excluding hydrogens is 344 g/mol. The van der Waals surface area contributed by atoms with E-state index in [2.05, 4.69) is 28.7 Å². The van der Waals surface area contributed by atoms with Crippen LogP contribution in [0.1, 0.15) is 54.6 Å². The molecule has 3 aromatic rings. The molecular formula is C20H26N4OS. The highest BCUT2D eigenvalue weighted by atomic mass is 32.1. The van der Waals surface area contributed by atoms with E-state index in [0.29, 0.717) is 6.54 Å². The fourth-order valence-electron chi connectivity index (χ4n) is 3.27. The molecule has 0 fully saturated rings. The number of aryl methyl sites for hydroxylation is 3. The van der Waals surface area contributed by atoms with Gasteiger partial charge in [0.1, 0.15) is 11.9 Å². The lowest BCUT2D eigenvalue weighted by Gasteiger charge is -2.19. The fraction of sp³-hybridized carbons (Fsp3) is 0.450. The zero-order valence-corrected chi connectivity index (χ0v) is 16.7. The van der Waals surface area contributed by atoms with E-state index in [1.807, 2.05) is 38.1 Å². The molecule has 0 spiro atoms. The van der Waals surface area contributed by atoms with Crippen molar-refractivity contribution in [2.75, 3.05) is 0 Å². The van der Waals surface area contributed by atoms with Crippen molar-refractivity contribution in [1.29, 1.82) is 0 Å². The molecule has 0 aliphatic rings. The summed E-state index contributed by atoms with van der Waals surface area (Å²) < 4.78 is 2.10. The molecule has 26 heavy (non-hydrogen) atoms. The van der Waals surface area contributed by atoms with Crippen molar-refractivity contribution in [3.8, 4) is 0 Å². The van der Waals surface area contributed by atoms with Gasteiger partial charge in [0.25, 0.3) is 0 Å². The number of amides is 1. The SMILES string of the molecule is CCc1nc(C)c(CNC(=O)C(CC)n2c(CC)nc3ccccc32)s1. The van der Waals surface area contributed by atoms with Crippen LogP contribution in [0.3, 0.4) is 0 Å². The average molecular weight is 371 g/mol. The van der Waals surface area contributed by atoms with Crippen LogP contribution in [-0.2, 0) is 24.2 Å².